The standard InChI is InChI=1S/C17H26N2O3/c1-19-8-4-5-13(11-19)10-18-17(20)14-6-7-16(22-3)15(9-14)12-21-2/h6-7,9,13H,4-5,8,10-12H2,1-3H3,(H,18,20). The third kappa shape index (κ3) is 4.45. The van der Waals surface area contributed by atoms with Gasteiger partial charge in [-0.25, -0.2) is 0 Å². The van der Waals surface area contributed by atoms with Gasteiger partial charge in [0, 0.05) is 31.3 Å². The van der Waals surface area contributed by atoms with Gasteiger partial charge in [0.25, 0.3) is 5.91 Å². The van der Waals surface area contributed by atoms with Crippen molar-refractivity contribution in [2.75, 3.05) is 40.9 Å². The maximum Gasteiger partial charge on any atom is 0.251 e. The number of carbonyl (C=O) groups is 1. The molecule has 1 unspecified atom stereocenters. The number of benzene rings is 1. The zero-order valence-corrected chi connectivity index (χ0v) is 13.7. The summed E-state index contributed by atoms with van der Waals surface area (Å²) < 4.78 is 10.4. The second-order valence-electron chi connectivity index (χ2n) is 5.94. The first-order chi connectivity index (χ1) is 10.6. The highest BCUT2D eigenvalue weighted by Gasteiger charge is 2.18. The molecular formula is C17H26N2O3. The first kappa shape index (κ1) is 16.8. The summed E-state index contributed by atoms with van der Waals surface area (Å²) in [5, 5.41) is 3.05. The van der Waals surface area contributed by atoms with Crippen LogP contribution in [-0.2, 0) is 11.3 Å². The predicted octanol–water partition coefficient (Wildman–Crippen LogP) is 1.91. The highest BCUT2D eigenvalue weighted by molar-refractivity contribution is 5.94. The van der Waals surface area contributed by atoms with Crippen LogP contribution in [0.4, 0.5) is 0 Å². The summed E-state index contributed by atoms with van der Waals surface area (Å²) in [6.07, 6.45) is 2.39. The van der Waals surface area contributed by atoms with E-state index in [-0.39, 0.29) is 5.91 Å². The van der Waals surface area contributed by atoms with Gasteiger partial charge >= 0.3 is 0 Å². The van der Waals surface area contributed by atoms with Gasteiger partial charge in [-0.05, 0) is 50.6 Å². The number of piperidine rings is 1. The predicted molar refractivity (Wildman–Crippen MR) is 86.3 cm³/mol. The molecule has 1 atom stereocenters. The number of ether oxygens (including phenoxy) is 2. The topological polar surface area (TPSA) is 50.8 Å². The van der Waals surface area contributed by atoms with Crippen LogP contribution in [0, 0.1) is 5.92 Å². The molecule has 1 aliphatic heterocycles. The Balaban J connectivity index is 1.95. The van der Waals surface area contributed by atoms with Gasteiger partial charge < -0.3 is 19.7 Å². The smallest absolute Gasteiger partial charge is 0.251 e. The number of hydrogen-bond donors (Lipinski definition) is 1. The van der Waals surface area contributed by atoms with E-state index in [1.165, 1.54) is 12.8 Å². The number of nitrogens with zero attached hydrogens (tertiary/aromatic N) is 1. The van der Waals surface area contributed by atoms with Gasteiger partial charge in [-0.2, -0.15) is 0 Å². The van der Waals surface area contributed by atoms with Crippen molar-refractivity contribution in [3.8, 4) is 5.75 Å². The van der Waals surface area contributed by atoms with E-state index >= 15 is 0 Å². The quantitative estimate of drug-likeness (QED) is 0.872. The monoisotopic (exact) mass is 306 g/mol. The van der Waals surface area contributed by atoms with Gasteiger partial charge in [0.05, 0.1) is 13.7 Å². The Morgan fingerprint density at radius 2 is 2.23 bits per heavy atom. The second-order valence-corrected chi connectivity index (χ2v) is 5.94. The average Bonchev–Trinajstić information content (AvgIpc) is 2.53. The molecule has 0 bridgehead atoms. The van der Waals surface area contributed by atoms with Crippen molar-refractivity contribution in [1.29, 1.82) is 0 Å². The molecule has 0 aromatic heterocycles. The van der Waals surface area contributed by atoms with E-state index in [9.17, 15) is 4.79 Å². The minimum Gasteiger partial charge on any atom is -0.496 e. The van der Waals surface area contributed by atoms with Crippen molar-refractivity contribution >= 4 is 5.91 Å². The Morgan fingerprint density at radius 1 is 1.41 bits per heavy atom. The third-order valence-corrected chi connectivity index (χ3v) is 4.12. The van der Waals surface area contributed by atoms with Crippen LogP contribution in [0.1, 0.15) is 28.8 Å². The Kier molecular flexibility index (Phi) is 6.21. The molecule has 122 valence electrons. The molecular weight excluding hydrogens is 280 g/mol. The van der Waals surface area contributed by atoms with Crippen molar-refractivity contribution in [1.82, 2.24) is 10.2 Å². The first-order valence-electron chi connectivity index (χ1n) is 7.76. The van der Waals surface area contributed by atoms with E-state index in [4.69, 9.17) is 9.47 Å². The Labute approximate surface area is 132 Å². The van der Waals surface area contributed by atoms with Gasteiger partial charge in [0.1, 0.15) is 5.75 Å². The lowest BCUT2D eigenvalue weighted by atomic mass is 9.98. The fourth-order valence-corrected chi connectivity index (χ4v) is 2.97. The normalized spacial score (nSPS) is 19.0. The number of methoxy groups -OCH3 is 2. The summed E-state index contributed by atoms with van der Waals surface area (Å²) in [7, 11) is 5.38. The minimum atomic E-state index is -0.0340. The molecule has 1 aromatic rings. The van der Waals surface area contributed by atoms with Gasteiger partial charge in [-0.15, -0.1) is 0 Å². The maximum atomic E-state index is 12.3. The van der Waals surface area contributed by atoms with Crippen molar-refractivity contribution < 1.29 is 14.3 Å². The first-order valence-corrected chi connectivity index (χ1v) is 7.76. The lowest BCUT2D eigenvalue weighted by Gasteiger charge is -2.29. The van der Waals surface area contributed by atoms with E-state index < -0.39 is 0 Å². The fourth-order valence-electron chi connectivity index (χ4n) is 2.97. The molecule has 5 nitrogen and oxygen atoms in total. The zero-order chi connectivity index (χ0) is 15.9. The molecule has 1 N–H and O–H groups in total. The number of nitrogens with one attached hydrogen (secondary N) is 1. The summed E-state index contributed by atoms with van der Waals surface area (Å²) in [5.41, 5.74) is 1.53. The number of amides is 1. The van der Waals surface area contributed by atoms with Crippen LogP contribution in [0.25, 0.3) is 0 Å². The summed E-state index contributed by atoms with van der Waals surface area (Å²) in [6.45, 7) is 3.37. The average molecular weight is 306 g/mol. The number of hydrogen-bond acceptors (Lipinski definition) is 4. The fraction of sp³-hybridized carbons (Fsp3) is 0.588. The highest BCUT2D eigenvalue weighted by Crippen LogP contribution is 2.21. The van der Waals surface area contributed by atoms with Crippen LogP contribution < -0.4 is 10.1 Å². The summed E-state index contributed by atoms with van der Waals surface area (Å²) in [6, 6.07) is 5.45. The molecule has 1 fully saturated rings. The van der Waals surface area contributed by atoms with Gasteiger partial charge in [0.15, 0.2) is 0 Å². The second kappa shape index (κ2) is 8.15. The zero-order valence-electron chi connectivity index (χ0n) is 13.7. The van der Waals surface area contributed by atoms with Gasteiger partial charge in [0.2, 0.25) is 0 Å². The molecule has 0 saturated carbocycles. The van der Waals surface area contributed by atoms with Gasteiger partial charge in [-0.1, -0.05) is 0 Å². The molecule has 2 rings (SSSR count). The highest BCUT2D eigenvalue weighted by atomic mass is 16.5. The third-order valence-electron chi connectivity index (χ3n) is 4.12. The lowest BCUT2D eigenvalue weighted by Crippen LogP contribution is -2.39. The molecule has 22 heavy (non-hydrogen) atoms. The molecule has 0 aliphatic carbocycles. The lowest BCUT2D eigenvalue weighted by molar-refractivity contribution is 0.0936. The van der Waals surface area contributed by atoms with Crippen LogP contribution in [0.2, 0.25) is 0 Å². The van der Waals surface area contributed by atoms with Crippen molar-refractivity contribution in [2.24, 2.45) is 5.92 Å². The molecule has 0 radical (unpaired) electrons. The molecule has 5 heteroatoms. The van der Waals surface area contributed by atoms with E-state index in [0.29, 0.717) is 18.1 Å². The summed E-state index contributed by atoms with van der Waals surface area (Å²) >= 11 is 0. The van der Waals surface area contributed by atoms with Crippen LogP contribution in [0.3, 0.4) is 0 Å². The van der Waals surface area contributed by atoms with Crippen molar-refractivity contribution in [3.05, 3.63) is 29.3 Å². The minimum absolute atomic E-state index is 0.0340. The number of likely N-dealkylation sites (tertiary alicyclic amines) is 1. The van der Waals surface area contributed by atoms with Crippen LogP contribution in [0.15, 0.2) is 18.2 Å². The summed E-state index contributed by atoms with van der Waals surface area (Å²) in [4.78, 5) is 14.6. The molecule has 1 saturated heterocycles. The van der Waals surface area contributed by atoms with E-state index in [2.05, 4.69) is 17.3 Å². The van der Waals surface area contributed by atoms with E-state index in [1.54, 1.807) is 20.3 Å². The molecule has 1 amide bonds. The molecule has 1 aromatic carbocycles. The number of carbonyl (C=O) groups excluding carboxylic acids is 1. The Hall–Kier alpha value is -1.59. The Morgan fingerprint density at radius 3 is 2.91 bits per heavy atom. The summed E-state index contributed by atoms with van der Waals surface area (Å²) in [5.74, 6) is 1.25. The van der Waals surface area contributed by atoms with E-state index in [0.717, 1.165) is 30.9 Å². The Bertz CT molecular complexity index is 505. The van der Waals surface area contributed by atoms with Gasteiger partial charge in [-0.3, -0.25) is 4.79 Å². The molecule has 1 aliphatic rings. The number of rotatable bonds is 6. The van der Waals surface area contributed by atoms with E-state index in [1.807, 2.05) is 12.1 Å². The van der Waals surface area contributed by atoms with Crippen LogP contribution in [-0.4, -0.2) is 51.7 Å². The SMILES string of the molecule is COCc1cc(C(=O)NCC2CCCN(C)C2)ccc1OC. The van der Waals surface area contributed by atoms with Crippen LogP contribution in [0.5, 0.6) is 5.75 Å². The van der Waals surface area contributed by atoms with Crippen LogP contribution >= 0.6 is 0 Å². The van der Waals surface area contributed by atoms with Crippen molar-refractivity contribution in [2.45, 2.75) is 19.4 Å². The molecule has 0 spiro atoms. The van der Waals surface area contributed by atoms with Crippen molar-refractivity contribution in [3.63, 3.8) is 0 Å². The maximum absolute atomic E-state index is 12.3. The molecule has 1 heterocycles. The largest absolute Gasteiger partial charge is 0.496 e.